The lowest BCUT2D eigenvalue weighted by Gasteiger charge is -2.22. The van der Waals surface area contributed by atoms with E-state index in [1.165, 1.54) is 6.07 Å². The molecule has 0 aromatic heterocycles. The van der Waals surface area contributed by atoms with Crippen molar-refractivity contribution >= 4 is 22.9 Å². The predicted octanol–water partition coefficient (Wildman–Crippen LogP) is 2.86. The lowest BCUT2D eigenvalue weighted by Crippen LogP contribution is -2.25. The fraction of sp³-hybridized carbons (Fsp3) is 0.188. The Hall–Kier alpha value is -2.14. The van der Waals surface area contributed by atoms with Crippen molar-refractivity contribution in [3.8, 4) is 5.75 Å². The highest BCUT2D eigenvalue weighted by molar-refractivity contribution is 7.80. The Morgan fingerprint density at radius 3 is 2.81 bits per heavy atom. The van der Waals surface area contributed by atoms with Crippen molar-refractivity contribution in [2.75, 3.05) is 18.1 Å². The third-order valence-electron chi connectivity index (χ3n) is 3.54. The second-order valence-corrected chi connectivity index (χ2v) is 5.35. The molecule has 108 valence electrons. The number of hydrogen-bond acceptors (Lipinski definition) is 3. The molecule has 1 aliphatic heterocycles. The van der Waals surface area contributed by atoms with Gasteiger partial charge in [0.15, 0.2) is 0 Å². The van der Waals surface area contributed by atoms with E-state index in [0.717, 1.165) is 17.0 Å². The highest BCUT2D eigenvalue weighted by Gasteiger charge is 2.16. The molecule has 0 unspecified atom stereocenters. The van der Waals surface area contributed by atoms with Crippen LogP contribution in [0.5, 0.6) is 5.75 Å². The van der Waals surface area contributed by atoms with Gasteiger partial charge in [0, 0.05) is 23.4 Å². The molecule has 1 heterocycles. The third kappa shape index (κ3) is 2.83. The van der Waals surface area contributed by atoms with Crippen molar-refractivity contribution in [3.63, 3.8) is 0 Å². The second-order valence-electron chi connectivity index (χ2n) is 4.91. The fourth-order valence-electron chi connectivity index (χ4n) is 2.45. The van der Waals surface area contributed by atoms with E-state index in [1.54, 1.807) is 6.07 Å². The summed E-state index contributed by atoms with van der Waals surface area (Å²) >= 11 is 4.83. The van der Waals surface area contributed by atoms with E-state index in [1.807, 2.05) is 30.3 Å². The Bertz CT molecular complexity index is 690. The minimum Gasteiger partial charge on any atom is -0.491 e. The van der Waals surface area contributed by atoms with Crippen molar-refractivity contribution in [2.24, 2.45) is 5.73 Å². The van der Waals surface area contributed by atoms with Gasteiger partial charge in [-0.15, -0.1) is 0 Å². The zero-order chi connectivity index (χ0) is 14.8. The second kappa shape index (κ2) is 5.69. The van der Waals surface area contributed by atoms with Gasteiger partial charge in [-0.25, -0.2) is 4.39 Å². The summed E-state index contributed by atoms with van der Waals surface area (Å²) in [5.74, 6) is 0.499. The standard InChI is InChI=1S/C16H15FN2OS/c17-14-9-12(5-6-13(14)16(18)21)19-7-8-20-15-4-2-1-3-11(15)10-19/h1-6,9H,7-8,10H2,(H2,18,21). The molecule has 0 aliphatic carbocycles. The predicted molar refractivity (Wildman–Crippen MR) is 85.3 cm³/mol. The van der Waals surface area contributed by atoms with Crippen LogP contribution in [0.1, 0.15) is 11.1 Å². The molecule has 0 radical (unpaired) electrons. The van der Waals surface area contributed by atoms with E-state index in [9.17, 15) is 4.39 Å². The smallest absolute Gasteiger partial charge is 0.135 e. The zero-order valence-electron chi connectivity index (χ0n) is 11.4. The van der Waals surface area contributed by atoms with E-state index in [2.05, 4.69) is 4.90 Å². The summed E-state index contributed by atoms with van der Waals surface area (Å²) in [6.45, 7) is 1.94. The Labute approximate surface area is 128 Å². The minimum absolute atomic E-state index is 0.0728. The van der Waals surface area contributed by atoms with E-state index in [4.69, 9.17) is 22.7 Å². The number of rotatable bonds is 2. The Morgan fingerprint density at radius 1 is 1.24 bits per heavy atom. The van der Waals surface area contributed by atoms with Gasteiger partial charge in [0.2, 0.25) is 0 Å². The quantitative estimate of drug-likeness (QED) is 0.866. The van der Waals surface area contributed by atoms with Gasteiger partial charge in [0.1, 0.15) is 23.2 Å². The van der Waals surface area contributed by atoms with Crippen LogP contribution in [0.2, 0.25) is 0 Å². The topological polar surface area (TPSA) is 38.5 Å². The zero-order valence-corrected chi connectivity index (χ0v) is 12.2. The Balaban J connectivity index is 1.91. The lowest BCUT2D eigenvalue weighted by atomic mass is 10.1. The molecule has 5 heteroatoms. The molecule has 1 aliphatic rings. The highest BCUT2D eigenvalue weighted by atomic mass is 32.1. The van der Waals surface area contributed by atoms with Crippen LogP contribution in [0.25, 0.3) is 0 Å². The molecule has 0 saturated carbocycles. The number of ether oxygens (including phenoxy) is 1. The maximum absolute atomic E-state index is 14.0. The summed E-state index contributed by atoms with van der Waals surface area (Å²) in [6, 6.07) is 12.8. The van der Waals surface area contributed by atoms with Gasteiger partial charge >= 0.3 is 0 Å². The molecule has 0 saturated heterocycles. The molecule has 0 amide bonds. The van der Waals surface area contributed by atoms with Gasteiger partial charge in [-0.2, -0.15) is 0 Å². The average Bonchev–Trinajstić information content (AvgIpc) is 2.68. The first-order valence-corrected chi connectivity index (χ1v) is 7.11. The van der Waals surface area contributed by atoms with Crippen LogP contribution in [-0.4, -0.2) is 18.1 Å². The van der Waals surface area contributed by atoms with Gasteiger partial charge in [-0.05, 0) is 24.3 Å². The van der Waals surface area contributed by atoms with E-state index >= 15 is 0 Å². The molecule has 0 atom stereocenters. The number of thiocarbonyl (C=S) groups is 1. The number of nitrogens with zero attached hydrogens (tertiary/aromatic N) is 1. The normalized spacial score (nSPS) is 14.0. The first-order valence-electron chi connectivity index (χ1n) is 6.70. The SMILES string of the molecule is NC(=S)c1ccc(N2CCOc3ccccc3C2)cc1F. The van der Waals surface area contributed by atoms with Crippen LogP contribution in [0.15, 0.2) is 42.5 Å². The van der Waals surface area contributed by atoms with Crippen LogP contribution in [-0.2, 0) is 6.54 Å². The maximum atomic E-state index is 14.0. The molecule has 2 aromatic carbocycles. The molecule has 3 rings (SSSR count). The molecular formula is C16H15FN2OS. The van der Waals surface area contributed by atoms with Gasteiger partial charge in [-0.1, -0.05) is 30.4 Å². The van der Waals surface area contributed by atoms with Crippen molar-refractivity contribution < 1.29 is 9.13 Å². The molecule has 0 fully saturated rings. The molecule has 0 bridgehead atoms. The summed E-state index contributed by atoms with van der Waals surface area (Å²) < 4.78 is 19.7. The van der Waals surface area contributed by atoms with Crippen molar-refractivity contribution in [1.29, 1.82) is 0 Å². The number of benzene rings is 2. The van der Waals surface area contributed by atoms with Crippen LogP contribution in [0, 0.1) is 5.82 Å². The molecule has 2 N–H and O–H groups in total. The molecule has 21 heavy (non-hydrogen) atoms. The maximum Gasteiger partial charge on any atom is 0.135 e. The largest absolute Gasteiger partial charge is 0.491 e. The number of para-hydroxylation sites is 1. The monoisotopic (exact) mass is 302 g/mol. The van der Waals surface area contributed by atoms with Gasteiger partial charge in [-0.3, -0.25) is 0 Å². The minimum atomic E-state index is -0.390. The number of nitrogens with two attached hydrogens (primary N) is 1. The number of halogens is 1. The van der Waals surface area contributed by atoms with Gasteiger partial charge in [0.05, 0.1) is 6.54 Å². The first-order chi connectivity index (χ1) is 10.1. The molecular weight excluding hydrogens is 287 g/mol. The summed E-state index contributed by atoms with van der Waals surface area (Å²) in [5, 5.41) is 0. The van der Waals surface area contributed by atoms with Gasteiger partial charge < -0.3 is 15.4 Å². The summed E-state index contributed by atoms with van der Waals surface area (Å²) in [7, 11) is 0. The molecule has 2 aromatic rings. The third-order valence-corrected chi connectivity index (χ3v) is 3.76. The number of fused-ring (bicyclic) bond motifs is 1. The van der Waals surface area contributed by atoms with E-state index in [-0.39, 0.29) is 10.6 Å². The van der Waals surface area contributed by atoms with Crippen LogP contribution in [0.3, 0.4) is 0 Å². The Morgan fingerprint density at radius 2 is 2.05 bits per heavy atom. The highest BCUT2D eigenvalue weighted by Crippen LogP contribution is 2.27. The fourth-order valence-corrected chi connectivity index (χ4v) is 2.61. The van der Waals surface area contributed by atoms with E-state index in [0.29, 0.717) is 19.7 Å². The summed E-state index contributed by atoms with van der Waals surface area (Å²) in [6.07, 6.45) is 0. The van der Waals surface area contributed by atoms with Crippen molar-refractivity contribution in [2.45, 2.75) is 6.54 Å². The van der Waals surface area contributed by atoms with Crippen LogP contribution >= 0.6 is 12.2 Å². The van der Waals surface area contributed by atoms with E-state index < -0.39 is 5.82 Å². The van der Waals surface area contributed by atoms with Crippen LogP contribution in [0.4, 0.5) is 10.1 Å². The average molecular weight is 302 g/mol. The van der Waals surface area contributed by atoms with Gasteiger partial charge in [0.25, 0.3) is 0 Å². The first kappa shape index (κ1) is 13.8. The Kier molecular flexibility index (Phi) is 3.75. The number of hydrogen-bond donors (Lipinski definition) is 1. The summed E-state index contributed by atoms with van der Waals surface area (Å²) in [5.41, 5.74) is 7.66. The van der Waals surface area contributed by atoms with Crippen LogP contribution < -0.4 is 15.4 Å². The van der Waals surface area contributed by atoms with Crippen molar-refractivity contribution in [3.05, 3.63) is 59.4 Å². The van der Waals surface area contributed by atoms with Crippen molar-refractivity contribution in [1.82, 2.24) is 0 Å². The lowest BCUT2D eigenvalue weighted by molar-refractivity contribution is 0.331. The molecule has 0 spiro atoms. The summed E-state index contributed by atoms with van der Waals surface area (Å²) in [4.78, 5) is 2.15. The molecule has 3 nitrogen and oxygen atoms in total. The number of anilines is 1.